The van der Waals surface area contributed by atoms with Gasteiger partial charge in [0.15, 0.2) is 5.78 Å². The lowest BCUT2D eigenvalue weighted by atomic mass is 10.1. The van der Waals surface area contributed by atoms with Crippen molar-refractivity contribution in [1.82, 2.24) is 0 Å². The van der Waals surface area contributed by atoms with Gasteiger partial charge in [0.25, 0.3) is 0 Å². The number of aryl methyl sites for hydroxylation is 1. The van der Waals surface area contributed by atoms with Gasteiger partial charge in [-0.1, -0.05) is 27.5 Å². The molecule has 5 heteroatoms. The third kappa shape index (κ3) is 4.87. The van der Waals surface area contributed by atoms with Gasteiger partial charge in [-0.3, -0.25) is 4.79 Å². The summed E-state index contributed by atoms with van der Waals surface area (Å²) in [6, 6.07) is 16.3. The quantitative estimate of drug-likeness (QED) is 0.331. The first-order chi connectivity index (χ1) is 12.5. The average molecular weight is 432 g/mol. The monoisotopic (exact) mass is 430 g/mol. The number of benzene rings is 2. The van der Waals surface area contributed by atoms with Gasteiger partial charge in [-0.05, 0) is 79.2 Å². The number of hydrogen-bond acceptors (Lipinski definition) is 3. The molecule has 0 amide bonds. The van der Waals surface area contributed by atoms with E-state index in [1.165, 1.54) is 6.08 Å². The maximum Gasteiger partial charge on any atom is 0.185 e. The molecule has 132 valence electrons. The minimum Gasteiger partial charge on any atom is -0.486 e. The molecule has 0 aliphatic carbocycles. The second kappa shape index (κ2) is 8.39. The first-order valence-corrected chi connectivity index (χ1v) is 9.14. The predicted molar refractivity (Wildman–Crippen MR) is 107 cm³/mol. The van der Waals surface area contributed by atoms with Crippen LogP contribution in [-0.4, -0.2) is 5.78 Å². The standard InChI is InChI=1S/C21H16BrClO3/c1-14-12-18(8-10-20(14)23)25-13-19-7-6-17(26-19)9-11-21(24)15-2-4-16(22)5-3-15/h2-12H,13H2,1H3/b11-9+. The largest absolute Gasteiger partial charge is 0.486 e. The minimum atomic E-state index is -0.0802. The van der Waals surface area contributed by atoms with Crippen LogP contribution in [0.4, 0.5) is 0 Å². The van der Waals surface area contributed by atoms with Crippen molar-refractivity contribution in [2.24, 2.45) is 0 Å². The van der Waals surface area contributed by atoms with Crippen LogP contribution in [0.25, 0.3) is 6.08 Å². The Morgan fingerprint density at radius 2 is 1.92 bits per heavy atom. The van der Waals surface area contributed by atoms with Crippen LogP contribution < -0.4 is 4.74 Å². The zero-order valence-corrected chi connectivity index (χ0v) is 16.4. The Labute approximate surface area is 165 Å². The van der Waals surface area contributed by atoms with Gasteiger partial charge >= 0.3 is 0 Å². The molecule has 0 radical (unpaired) electrons. The minimum absolute atomic E-state index is 0.0802. The van der Waals surface area contributed by atoms with Crippen molar-refractivity contribution >= 4 is 39.4 Å². The molecule has 1 heterocycles. The van der Waals surface area contributed by atoms with Crippen LogP contribution in [0.5, 0.6) is 5.75 Å². The second-order valence-electron chi connectivity index (χ2n) is 5.71. The number of carbonyl (C=O) groups excluding carboxylic acids is 1. The fourth-order valence-electron chi connectivity index (χ4n) is 2.29. The smallest absolute Gasteiger partial charge is 0.185 e. The molecule has 3 nitrogen and oxygen atoms in total. The Balaban J connectivity index is 1.59. The zero-order chi connectivity index (χ0) is 18.5. The van der Waals surface area contributed by atoms with E-state index >= 15 is 0 Å². The molecular formula is C21H16BrClO3. The van der Waals surface area contributed by atoms with Gasteiger partial charge in [-0.25, -0.2) is 0 Å². The van der Waals surface area contributed by atoms with E-state index in [0.29, 0.717) is 28.7 Å². The summed E-state index contributed by atoms with van der Waals surface area (Å²) in [5.41, 5.74) is 1.58. The molecule has 3 rings (SSSR count). The van der Waals surface area contributed by atoms with Crippen molar-refractivity contribution in [1.29, 1.82) is 0 Å². The van der Waals surface area contributed by atoms with Crippen LogP contribution in [-0.2, 0) is 6.61 Å². The Kier molecular flexibility index (Phi) is 5.96. The Hall–Kier alpha value is -2.30. The topological polar surface area (TPSA) is 39.4 Å². The number of allylic oxidation sites excluding steroid dienone is 1. The number of ether oxygens (including phenoxy) is 1. The van der Waals surface area contributed by atoms with Crippen LogP contribution in [0, 0.1) is 6.92 Å². The molecule has 0 aliphatic heterocycles. The Bertz CT molecular complexity index is 942. The number of carbonyl (C=O) groups is 1. The second-order valence-corrected chi connectivity index (χ2v) is 7.03. The molecule has 0 N–H and O–H groups in total. The molecule has 2 aromatic carbocycles. The summed E-state index contributed by atoms with van der Waals surface area (Å²) in [6.45, 7) is 2.23. The van der Waals surface area contributed by atoms with Crippen molar-refractivity contribution < 1.29 is 13.9 Å². The van der Waals surface area contributed by atoms with E-state index in [2.05, 4.69) is 15.9 Å². The van der Waals surface area contributed by atoms with Crippen molar-refractivity contribution in [2.45, 2.75) is 13.5 Å². The van der Waals surface area contributed by atoms with E-state index in [1.54, 1.807) is 30.3 Å². The van der Waals surface area contributed by atoms with Gasteiger partial charge in [0, 0.05) is 15.1 Å². The van der Waals surface area contributed by atoms with Crippen LogP contribution in [0.2, 0.25) is 5.02 Å². The summed E-state index contributed by atoms with van der Waals surface area (Å²) in [5.74, 6) is 1.92. The molecular weight excluding hydrogens is 416 g/mol. The molecule has 0 saturated carbocycles. The molecule has 0 bridgehead atoms. The lowest BCUT2D eigenvalue weighted by molar-refractivity contribution is 0.104. The van der Waals surface area contributed by atoms with Gasteiger partial charge in [0.2, 0.25) is 0 Å². The summed E-state index contributed by atoms with van der Waals surface area (Å²) < 4.78 is 12.3. The van der Waals surface area contributed by atoms with Gasteiger partial charge < -0.3 is 9.15 Å². The average Bonchev–Trinajstić information content (AvgIpc) is 3.09. The Morgan fingerprint density at radius 1 is 1.15 bits per heavy atom. The van der Waals surface area contributed by atoms with E-state index in [4.69, 9.17) is 20.8 Å². The highest BCUT2D eigenvalue weighted by atomic mass is 79.9. The molecule has 1 aromatic heterocycles. The van der Waals surface area contributed by atoms with E-state index in [-0.39, 0.29) is 5.78 Å². The number of halogens is 2. The fraction of sp³-hybridized carbons (Fsp3) is 0.0952. The molecule has 0 aliphatic rings. The van der Waals surface area contributed by atoms with Crippen LogP contribution >= 0.6 is 27.5 Å². The molecule has 0 unspecified atom stereocenters. The van der Waals surface area contributed by atoms with Crippen LogP contribution in [0.15, 0.2) is 69.6 Å². The molecule has 3 aromatic rings. The molecule has 26 heavy (non-hydrogen) atoms. The van der Waals surface area contributed by atoms with Crippen molar-refractivity contribution in [3.63, 3.8) is 0 Å². The summed E-state index contributed by atoms with van der Waals surface area (Å²) in [6.07, 6.45) is 3.15. The molecule has 0 saturated heterocycles. The molecule has 0 fully saturated rings. The van der Waals surface area contributed by atoms with Gasteiger partial charge in [-0.2, -0.15) is 0 Å². The maximum atomic E-state index is 12.1. The number of furan rings is 1. The molecule has 0 spiro atoms. The van der Waals surface area contributed by atoms with Gasteiger partial charge in [-0.15, -0.1) is 0 Å². The van der Waals surface area contributed by atoms with Gasteiger partial charge in [0.05, 0.1) is 0 Å². The first kappa shape index (κ1) is 18.5. The molecule has 0 atom stereocenters. The first-order valence-electron chi connectivity index (χ1n) is 7.97. The summed E-state index contributed by atoms with van der Waals surface area (Å²) in [7, 11) is 0. The highest BCUT2D eigenvalue weighted by Crippen LogP contribution is 2.22. The highest BCUT2D eigenvalue weighted by Gasteiger charge is 2.05. The summed E-state index contributed by atoms with van der Waals surface area (Å²) >= 11 is 9.35. The third-order valence-corrected chi connectivity index (χ3v) is 4.67. The normalized spacial score (nSPS) is 11.0. The van der Waals surface area contributed by atoms with E-state index in [1.807, 2.05) is 37.3 Å². The fourth-order valence-corrected chi connectivity index (χ4v) is 2.67. The van der Waals surface area contributed by atoms with E-state index in [0.717, 1.165) is 15.8 Å². The predicted octanol–water partition coefficient (Wildman–Crippen LogP) is 6.48. The van der Waals surface area contributed by atoms with E-state index < -0.39 is 0 Å². The number of rotatable bonds is 6. The van der Waals surface area contributed by atoms with Crippen LogP contribution in [0.1, 0.15) is 27.4 Å². The Morgan fingerprint density at radius 3 is 2.65 bits per heavy atom. The lowest BCUT2D eigenvalue weighted by Crippen LogP contribution is -1.94. The van der Waals surface area contributed by atoms with Crippen molar-refractivity contribution in [3.05, 3.63) is 92.8 Å². The highest BCUT2D eigenvalue weighted by molar-refractivity contribution is 9.10. The third-order valence-electron chi connectivity index (χ3n) is 3.72. The summed E-state index contributed by atoms with van der Waals surface area (Å²) in [5, 5.41) is 0.707. The number of ketones is 1. The van der Waals surface area contributed by atoms with E-state index in [9.17, 15) is 4.79 Å². The maximum absolute atomic E-state index is 12.1. The zero-order valence-electron chi connectivity index (χ0n) is 14.0. The van der Waals surface area contributed by atoms with Crippen molar-refractivity contribution in [2.75, 3.05) is 0 Å². The SMILES string of the molecule is Cc1cc(OCc2ccc(/C=C/C(=O)c3ccc(Br)cc3)o2)ccc1Cl. The number of hydrogen-bond donors (Lipinski definition) is 0. The van der Waals surface area contributed by atoms with Crippen LogP contribution in [0.3, 0.4) is 0 Å². The van der Waals surface area contributed by atoms with Crippen molar-refractivity contribution in [3.8, 4) is 5.75 Å². The van der Waals surface area contributed by atoms with Gasteiger partial charge in [0.1, 0.15) is 23.9 Å². The summed E-state index contributed by atoms with van der Waals surface area (Å²) in [4.78, 5) is 12.1. The lowest BCUT2D eigenvalue weighted by Gasteiger charge is -2.05.